The normalized spacial score (nSPS) is 17.0. The summed E-state index contributed by atoms with van der Waals surface area (Å²) in [6.45, 7) is 6.46. The van der Waals surface area contributed by atoms with Gasteiger partial charge in [0.15, 0.2) is 0 Å². The summed E-state index contributed by atoms with van der Waals surface area (Å²) in [5.41, 5.74) is 0.379. The van der Waals surface area contributed by atoms with E-state index >= 15 is 0 Å². The maximum absolute atomic E-state index is 13.8. The number of thioether (sulfide) groups is 1. The van der Waals surface area contributed by atoms with E-state index in [-0.39, 0.29) is 5.56 Å². The summed E-state index contributed by atoms with van der Waals surface area (Å²) in [5.74, 6) is -0.871. The van der Waals surface area contributed by atoms with Crippen LogP contribution in [0.1, 0.15) is 44.7 Å². The average molecular weight is 375 g/mol. The van der Waals surface area contributed by atoms with Crippen LogP contribution in [0.5, 0.6) is 0 Å². The first-order valence-corrected chi connectivity index (χ1v) is 9.17. The van der Waals surface area contributed by atoms with Gasteiger partial charge in [-0.15, -0.1) is 11.8 Å². The highest BCUT2D eigenvalue weighted by molar-refractivity contribution is 7.99. The summed E-state index contributed by atoms with van der Waals surface area (Å²) in [7, 11) is 1.35. The number of hydrogen-bond acceptors (Lipinski definition) is 3. The quantitative estimate of drug-likeness (QED) is 0.724. The highest BCUT2D eigenvalue weighted by Crippen LogP contribution is 2.42. The van der Waals surface area contributed by atoms with Gasteiger partial charge >= 0.3 is 12.3 Å². The SMILES string of the molecule is CC(C(c1ccc2c(c1)CCS2)C(F)(F)F)N(C)C(=O)OC(C)(C)C. The largest absolute Gasteiger partial charge is 0.444 e. The number of halogens is 3. The molecule has 0 aliphatic carbocycles. The van der Waals surface area contributed by atoms with E-state index in [1.807, 2.05) is 0 Å². The minimum Gasteiger partial charge on any atom is -0.444 e. The first-order valence-electron chi connectivity index (χ1n) is 8.18. The van der Waals surface area contributed by atoms with Crippen LogP contribution >= 0.6 is 11.8 Å². The number of fused-ring (bicyclic) bond motifs is 1. The summed E-state index contributed by atoms with van der Waals surface area (Å²) < 4.78 is 46.6. The van der Waals surface area contributed by atoms with E-state index in [1.165, 1.54) is 20.0 Å². The van der Waals surface area contributed by atoms with Gasteiger partial charge in [-0.1, -0.05) is 12.1 Å². The van der Waals surface area contributed by atoms with Crippen molar-refractivity contribution in [3.8, 4) is 0 Å². The first-order chi connectivity index (χ1) is 11.4. The number of aryl methyl sites for hydroxylation is 1. The topological polar surface area (TPSA) is 29.5 Å². The Bertz CT molecular complexity index is 640. The number of ether oxygens (including phenoxy) is 1. The van der Waals surface area contributed by atoms with Gasteiger partial charge in [0.2, 0.25) is 0 Å². The molecule has 1 aromatic rings. The monoisotopic (exact) mass is 375 g/mol. The van der Waals surface area contributed by atoms with Crippen molar-refractivity contribution in [1.29, 1.82) is 0 Å². The molecule has 1 aliphatic heterocycles. The van der Waals surface area contributed by atoms with Crippen molar-refractivity contribution in [2.75, 3.05) is 12.8 Å². The second-order valence-electron chi connectivity index (χ2n) is 7.32. The Kier molecular flexibility index (Phi) is 5.66. The lowest BCUT2D eigenvalue weighted by Crippen LogP contribution is -2.45. The van der Waals surface area contributed by atoms with Crippen molar-refractivity contribution >= 4 is 17.9 Å². The van der Waals surface area contributed by atoms with Gasteiger partial charge in [-0.2, -0.15) is 13.2 Å². The average Bonchev–Trinajstić information content (AvgIpc) is 2.90. The van der Waals surface area contributed by atoms with E-state index in [9.17, 15) is 18.0 Å². The molecule has 2 rings (SSSR count). The molecule has 1 aliphatic rings. The lowest BCUT2D eigenvalue weighted by atomic mass is 9.89. The molecule has 0 aromatic heterocycles. The van der Waals surface area contributed by atoms with Crippen molar-refractivity contribution in [3.05, 3.63) is 29.3 Å². The Balaban J connectivity index is 2.30. The van der Waals surface area contributed by atoms with Gasteiger partial charge < -0.3 is 9.64 Å². The molecule has 0 saturated carbocycles. The van der Waals surface area contributed by atoms with Crippen LogP contribution in [-0.4, -0.2) is 41.6 Å². The summed E-state index contributed by atoms with van der Waals surface area (Å²) in [6.07, 6.45) is -4.45. The number of likely N-dealkylation sites (N-methyl/N-ethyl adjacent to an activating group) is 1. The molecule has 0 fully saturated rings. The van der Waals surface area contributed by atoms with E-state index < -0.39 is 29.8 Å². The zero-order valence-electron chi connectivity index (χ0n) is 15.1. The molecule has 25 heavy (non-hydrogen) atoms. The Morgan fingerprint density at radius 2 is 1.92 bits per heavy atom. The number of hydrogen-bond donors (Lipinski definition) is 0. The van der Waals surface area contributed by atoms with E-state index in [1.54, 1.807) is 44.7 Å². The summed E-state index contributed by atoms with van der Waals surface area (Å²) >= 11 is 1.66. The predicted molar refractivity (Wildman–Crippen MR) is 93.1 cm³/mol. The molecular weight excluding hydrogens is 351 g/mol. The summed E-state index contributed by atoms with van der Waals surface area (Å²) in [6, 6.07) is 3.82. The lowest BCUT2D eigenvalue weighted by Gasteiger charge is -2.34. The Labute approximate surface area is 150 Å². The molecule has 2 atom stereocenters. The predicted octanol–water partition coefficient (Wildman–Crippen LogP) is 5.24. The van der Waals surface area contributed by atoms with Gasteiger partial charge in [-0.3, -0.25) is 0 Å². The number of carbonyl (C=O) groups is 1. The fourth-order valence-corrected chi connectivity index (χ4v) is 3.92. The molecular formula is C18H24F3NO2S. The van der Waals surface area contributed by atoms with Crippen molar-refractivity contribution in [2.24, 2.45) is 0 Å². The maximum Gasteiger partial charge on any atom is 0.410 e. The highest BCUT2D eigenvalue weighted by Gasteiger charge is 2.47. The highest BCUT2D eigenvalue weighted by atomic mass is 32.2. The van der Waals surface area contributed by atoms with Gasteiger partial charge in [0, 0.05) is 23.7 Å². The van der Waals surface area contributed by atoms with E-state index in [0.717, 1.165) is 27.5 Å². The van der Waals surface area contributed by atoms with Gasteiger partial charge in [0.1, 0.15) is 11.5 Å². The molecule has 0 spiro atoms. The minimum absolute atomic E-state index is 0.191. The molecule has 140 valence electrons. The number of rotatable bonds is 3. The molecule has 1 aromatic carbocycles. The number of benzene rings is 1. The van der Waals surface area contributed by atoms with Crippen LogP contribution in [-0.2, 0) is 11.2 Å². The molecule has 1 heterocycles. The van der Waals surface area contributed by atoms with Crippen LogP contribution in [0, 0.1) is 0 Å². The molecule has 2 unspecified atom stereocenters. The second kappa shape index (κ2) is 7.09. The molecule has 7 heteroatoms. The number of nitrogens with zero attached hydrogens (tertiary/aromatic N) is 1. The van der Waals surface area contributed by atoms with E-state index in [4.69, 9.17) is 4.74 Å². The summed E-state index contributed by atoms with van der Waals surface area (Å²) in [4.78, 5) is 14.3. The minimum atomic E-state index is -4.46. The van der Waals surface area contributed by atoms with Gasteiger partial charge in [-0.25, -0.2) is 4.79 Å². The van der Waals surface area contributed by atoms with Crippen molar-refractivity contribution in [1.82, 2.24) is 4.90 Å². The Morgan fingerprint density at radius 3 is 2.48 bits per heavy atom. The van der Waals surface area contributed by atoms with Crippen LogP contribution < -0.4 is 0 Å². The van der Waals surface area contributed by atoms with Gasteiger partial charge in [-0.05, 0) is 51.3 Å². The van der Waals surface area contributed by atoms with Crippen LogP contribution in [0.4, 0.5) is 18.0 Å². The van der Waals surface area contributed by atoms with Crippen molar-refractivity contribution in [2.45, 2.75) is 62.7 Å². The molecule has 0 radical (unpaired) electrons. The summed E-state index contributed by atoms with van der Waals surface area (Å²) in [5, 5.41) is 0. The zero-order chi connectivity index (χ0) is 19.0. The standard InChI is InChI=1S/C18H24F3NO2S/c1-11(22(5)16(23)24-17(2,3)4)15(18(19,20)21)13-6-7-14-12(10-13)8-9-25-14/h6-7,10-11,15H,8-9H2,1-5H3. The van der Waals surface area contributed by atoms with Crippen LogP contribution in [0.15, 0.2) is 23.1 Å². The van der Waals surface area contributed by atoms with Gasteiger partial charge in [0.25, 0.3) is 0 Å². The fraction of sp³-hybridized carbons (Fsp3) is 0.611. The van der Waals surface area contributed by atoms with Crippen LogP contribution in [0.3, 0.4) is 0 Å². The van der Waals surface area contributed by atoms with Crippen molar-refractivity contribution in [3.63, 3.8) is 0 Å². The molecule has 1 amide bonds. The molecule has 0 bridgehead atoms. The third-order valence-corrected chi connectivity index (χ3v) is 5.32. The third-order valence-electron chi connectivity index (χ3n) is 4.20. The fourth-order valence-electron chi connectivity index (χ4n) is 2.86. The Morgan fingerprint density at radius 1 is 1.28 bits per heavy atom. The van der Waals surface area contributed by atoms with E-state index in [2.05, 4.69) is 0 Å². The zero-order valence-corrected chi connectivity index (χ0v) is 15.9. The van der Waals surface area contributed by atoms with Crippen molar-refractivity contribution < 1.29 is 22.7 Å². The lowest BCUT2D eigenvalue weighted by molar-refractivity contribution is -0.161. The molecule has 0 saturated heterocycles. The molecule has 3 nitrogen and oxygen atoms in total. The van der Waals surface area contributed by atoms with E-state index in [0.29, 0.717) is 0 Å². The van der Waals surface area contributed by atoms with Crippen LogP contribution in [0.25, 0.3) is 0 Å². The smallest absolute Gasteiger partial charge is 0.410 e. The number of alkyl halides is 3. The maximum atomic E-state index is 13.8. The number of carbonyl (C=O) groups excluding carboxylic acids is 1. The Hall–Kier alpha value is -1.37. The number of amides is 1. The molecule has 0 N–H and O–H groups in total. The van der Waals surface area contributed by atoms with Crippen LogP contribution in [0.2, 0.25) is 0 Å². The first kappa shape index (κ1) is 19.9. The second-order valence-corrected chi connectivity index (χ2v) is 8.45. The van der Waals surface area contributed by atoms with Gasteiger partial charge in [0.05, 0.1) is 0 Å². The third kappa shape index (κ3) is 4.84.